The number of halogens is 1. The molecule has 0 unspecified atom stereocenters. The summed E-state index contributed by atoms with van der Waals surface area (Å²) in [5.74, 6) is 1.68. The molecule has 0 aliphatic carbocycles. The van der Waals surface area contributed by atoms with Crippen LogP contribution in [0.2, 0.25) is 5.02 Å². The van der Waals surface area contributed by atoms with Crippen molar-refractivity contribution in [1.29, 1.82) is 0 Å². The molecule has 0 saturated carbocycles. The molecule has 1 heterocycles. The van der Waals surface area contributed by atoms with Crippen LogP contribution in [-0.2, 0) is 6.54 Å². The Kier molecular flexibility index (Phi) is 5.36. The maximum atomic E-state index is 10.4. The maximum absolute atomic E-state index is 10.4. The zero-order valence-electron chi connectivity index (χ0n) is 13.5. The predicted octanol–water partition coefficient (Wildman–Crippen LogP) is 3.79. The van der Waals surface area contributed by atoms with E-state index in [2.05, 4.69) is 5.32 Å². The average Bonchev–Trinajstić information content (AvgIpc) is 3.09. The molecule has 3 aromatic rings. The van der Waals surface area contributed by atoms with E-state index in [9.17, 15) is 5.11 Å². The minimum Gasteiger partial charge on any atom is -0.455 e. The second-order valence-electron chi connectivity index (χ2n) is 5.93. The SMILES string of the molecule is C[C@@H]([NH2+]Cc1ccc(-c2cccc(Cl)c2)o1)[C@H](O)c1ccccc1. The first-order valence-corrected chi connectivity index (χ1v) is 8.42. The Morgan fingerprint density at radius 1 is 1.04 bits per heavy atom. The lowest BCUT2D eigenvalue weighted by Gasteiger charge is -2.17. The molecule has 0 fully saturated rings. The van der Waals surface area contributed by atoms with Gasteiger partial charge in [0.05, 0.1) is 0 Å². The quantitative estimate of drug-likeness (QED) is 0.716. The zero-order chi connectivity index (χ0) is 16.9. The molecule has 24 heavy (non-hydrogen) atoms. The zero-order valence-corrected chi connectivity index (χ0v) is 14.3. The lowest BCUT2D eigenvalue weighted by molar-refractivity contribution is -0.710. The van der Waals surface area contributed by atoms with E-state index in [4.69, 9.17) is 16.0 Å². The number of benzene rings is 2. The molecule has 0 spiro atoms. The monoisotopic (exact) mass is 342 g/mol. The maximum Gasteiger partial charge on any atom is 0.158 e. The predicted molar refractivity (Wildman–Crippen MR) is 95.6 cm³/mol. The standard InChI is InChI=1S/C20H20ClNO2/c1-14(20(23)15-6-3-2-4-7-15)22-13-18-10-11-19(24-18)16-8-5-9-17(21)12-16/h2-12,14,20,22-23H,13H2,1H3/p+1/t14-,20+/m1/s1. The van der Waals surface area contributed by atoms with Crippen LogP contribution in [0.3, 0.4) is 0 Å². The smallest absolute Gasteiger partial charge is 0.158 e. The van der Waals surface area contributed by atoms with Crippen molar-refractivity contribution in [2.45, 2.75) is 25.6 Å². The molecule has 0 amide bonds. The van der Waals surface area contributed by atoms with E-state index in [-0.39, 0.29) is 6.04 Å². The highest BCUT2D eigenvalue weighted by atomic mass is 35.5. The van der Waals surface area contributed by atoms with Crippen molar-refractivity contribution in [2.75, 3.05) is 0 Å². The van der Waals surface area contributed by atoms with Crippen LogP contribution in [0.5, 0.6) is 0 Å². The van der Waals surface area contributed by atoms with E-state index >= 15 is 0 Å². The number of nitrogens with two attached hydrogens (primary N) is 1. The fourth-order valence-electron chi connectivity index (χ4n) is 2.67. The summed E-state index contributed by atoms with van der Waals surface area (Å²) in [5.41, 5.74) is 1.89. The van der Waals surface area contributed by atoms with Crippen LogP contribution in [-0.4, -0.2) is 11.1 Å². The van der Waals surface area contributed by atoms with Gasteiger partial charge in [0.15, 0.2) is 5.76 Å². The van der Waals surface area contributed by atoms with Gasteiger partial charge >= 0.3 is 0 Å². The second kappa shape index (κ2) is 7.67. The van der Waals surface area contributed by atoms with Crippen molar-refractivity contribution in [3.63, 3.8) is 0 Å². The van der Waals surface area contributed by atoms with E-state index in [0.29, 0.717) is 11.6 Å². The summed E-state index contributed by atoms with van der Waals surface area (Å²) in [6, 6.07) is 21.3. The Morgan fingerprint density at radius 3 is 2.58 bits per heavy atom. The lowest BCUT2D eigenvalue weighted by atomic mass is 10.0. The van der Waals surface area contributed by atoms with Crippen LogP contribution < -0.4 is 5.32 Å². The Labute approximate surface area is 146 Å². The summed E-state index contributed by atoms with van der Waals surface area (Å²) in [7, 11) is 0. The van der Waals surface area contributed by atoms with Gasteiger partial charge in [0.1, 0.15) is 24.5 Å². The molecule has 3 rings (SSSR count). The Morgan fingerprint density at radius 2 is 1.83 bits per heavy atom. The van der Waals surface area contributed by atoms with Crippen LogP contribution in [0, 0.1) is 0 Å². The Hall–Kier alpha value is -2.07. The first-order valence-electron chi connectivity index (χ1n) is 8.04. The number of furan rings is 1. The van der Waals surface area contributed by atoms with Crippen molar-refractivity contribution in [1.82, 2.24) is 0 Å². The van der Waals surface area contributed by atoms with E-state index in [1.165, 1.54) is 0 Å². The normalized spacial score (nSPS) is 13.6. The van der Waals surface area contributed by atoms with Gasteiger partial charge in [0.25, 0.3) is 0 Å². The summed E-state index contributed by atoms with van der Waals surface area (Å²) in [6.07, 6.45) is -0.506. The number of rotatable bonds is 6. The van der Waals surface area contributed by atoms with Crippen LogP contribution in [0.1, 0.15) is 24.4 Å². The van der Waals surface area contributed by atoms with Crippen LogP contribution in [0.25, 0.3) is 11.3 Å². The Bertz CT molecular complexity index is 785. The van der Waals surface area contributed by atoms with Crippen molar-refractivity contribution in [3.8, 4) is 11.3 Å². The highest BCUT2D eigenvalue weighted by Gasteiger charge is 2.19. The first-order chi connectivity index (χ1) is 11.6. The average molecular weight is 343 g/mol. The van der Waals surface area contributed by atoms with Crippen molar-refractivity contribution in [2.24, 2.45) is 0 Å². The molecule has 0 saturated heterocycles. The van der Waals surface area contributed by atoms with Gasteiger partial charge in [0, 0.05) is 10.6 Å². The van der Waals surface area contributed by atoms with E-state index < -0.39 is 6.10 Å². The number of quaternary nitrogens is 1. The molecular weight excluding hydrogens is 322 g/mol. The number of aliphatic hydroxyl groups excluding tert-OH is 1. The van der Waals surface area contributed by atoms with Crippen molar-refractivity contribution < 1.29 is 14.8 Å². The molecule has 3 nitrogen and oxygen atoms in total. The van der Waals surface area contributed by atoms with Gasteiger partial charge in [-0.25, -0.2) is 0 Å². The number of aliphatic hydroxyl groups is 1. The fourth-order valence-corrected chi connectivity index (χ4v) is 2.86. The molecule has 0 radical (unpaired) electrons. The van der Waals surface area contributed by atoms with Gasteiger partial charge in [-0.05, 0) is 36.8 Å². The van der Waals surface area contributed by atoms with E-state index in [1.54, 1.807) is 0 Å². The summed E-state index contributed by atoms with van der Waals surface area (Å²) >= 11 is 6.02. The molecule has 1 aromatic heterocycles. The molecule has 0 bridgehead atoms. The first kappa shape index (κ1) is 16.8. The van der Waals surface area contributed by atoms with Crippen molar-refractivity contribution in [3.05, 3.63) is 83.1 Å². The topological polar surface area (TPSA) is 50.0 Å². The number of hydrogen-bond donors (Lipinski definition) is 2. The second-order valence-corrected chi connectivity index (χ2v) is 6.37. The van der Waals surface area contributed by atoms with Gasteiger partial charge in [-0.3, -0.25) is 0 Å². The van der Waals surface area contributed by atoms with Gasteiger partial charge in [-0.15, -0.1) is 0 Å². The minimum atomic E-state index is -0.506. The van der Waals surface area contributed by atoms with Crippen LogP contribution >= 0.6 is 11.6 Å². The molecule has 124 valence electrons. The van der Waals surface area contributed by atoms with Gasteiger partial charge in [0.2, 0.25) is 0 Å². The third kappa shape index (κ3) is 4.06. The molecule has 2 aromatic carbocycles. The summed E-state index contributed by atoms with van der Waals surface area (Å²) in [6.45, 7) is 2.68. The minimum absolute atomic E-state index is 0.0344. The van der Waals surface area contributed by atoms with Gasteiger partial charge in [-0.1, -0.05) is 54.1 Å². The highest BCUT2D eigenvalue weighted by molar-refractivity contribution is 6.30. The molecule has 2 atom stereocenters. The lowest BCUT2D eigenvalue weighted by Crippen LogP contribution is -2.88. The molecule has 4 heteroatoms. The molecule has 0 aliphatic heterocycles. The van der Waals surface area contributed by atoms with Crippen LogP contribution in [0.4, 0.5) is 0 Å². The summed E-state index contributed by atoms with van der Waals surface area (Å²) < 4.78 is 5.89. The third-order valence-electron chi connectivity index (χ3n) is 4.10. The molecule has 3 N–H and O–H groups in total. The Balaban J connectivity index is 1.61. The summed E-state index contributed by atoms with van der Waals surface area (Å²) in [4.78, 5) is 0. The number of hydrogen-bond acceptors (Lipinski definition) is 2. The van der Waals surface area contributed by atoms with Crippen molar-refractivity contribution >= 4 is 11.6 Å². The fraction of sp³-hybridized carbons (Fsp3) is 0.200. The molecule has 0 aliphatic rings. The van der Waals surface area contributed by atoms with Crippen LogP contribution in [0.15, 0.2) is 71.1 Å². The third-order valence-corrected chi connectivity index (χ3v) is 4.34. The largest absolute Gasteiger partial charge is 0.455 e. The van der Waals surface area contributed by atoms with E-state index in [1.807, 2.05) is 73.7 Å². The van der Waals surface area contributed by atoms with Gasteiger partial charge in [-0.2, -0.15) is 0 Å². The van der Waals surface area contributed by atoms with Gasteiger partial charge < -0.3 is 14.8 Å². The van der Waals surface area contributed by atoms with E-state index in [0.717, 1.165) is 22.6 Å². The highest BCUT2D eigenvalue weighted by Crippen LogP contribution is 2.24. The summed E-state index contributed by atoms with van der Waals surface area (Å²) in [5, 5.41) is 13.2. The molecular formula is C20H21ClNO2+.